The highest BCUT2D eigenvalue weighted by Gasteiger charge is 2.11. The molecule has 2 rings (SSSR count). The van der Waals surface area contributed by atoms with Gasteiger partial charge in [0.05, 0.1) is 12.3 Å². The molecule has 0 saturated heterocycles. The van der Waals surface area contributed by atoms with E-state index in [2.05, 4.69) is 30.9 Å². The van der Waals surface area contributed by atoms with Crippen molar-refractivity contribution in [2.24, 2.45) is 5.84 Å². The van der Waals surface area contributed by atoms with Crippen LogP contribution in [-0.4, -0.2) is 26.7 Å². The lowest BCUT2D eigenvalue weighted by Gasteiger charge is -2.08. The van der Waals surface area contributed by atoms with E-state index in [9.17, 15) is 0 Å². The van der Waals surface area contributed by atoms with Crippen LogP contribution in [0, 0.1) is 13.8 Å². The number of aryl methyl sites for hydroxylation is 2. The molecule has 2 aromatic rings. The third-order valence-corrected chi connectivity index (χ3v) is 2.62. The first kappa shape index (κ1) is 14.0. The maximum absolute atomic E-state index is 5.31. The predicted octanol–water partition coefficient (Wildman–Crippen LogP) is 0.773. The summed E-state index contributed by atoms with van der Waals surface area (Å²) < 4.78 is 10.3. The standard InChI is InChI=1S/C11H17N7O2/c1-4-19-11-15-9(14-10(16-11)17-12)13-5-8-6(2)18-20-7(8)3/h4-5,12H2,1-3H3,(H2,13,14,15,16,17). The van der Waals surface area contributed by atoms with Gasteiger partial charge in [0.2, 0.25) is 11.9 Å². The molecule has 0 spiro atoms. The van der Waals surface area contributed by atoms with Crippen molar-refractivity contribution in [3.8, 4) is 6.01 Å². The summed E-state index contributed by atoms with van der Waals surface area (Å²) in [6.45, 7) is 6.51. The Labute approximate surface area is 115 Å². The predicted molar refractivity (Wildman–Crippen MR) is 72.1 cm³/mol. The third-order valence-electron chi connectivity index (χ3n) is 2.62. The number of nitrogens with two attached hydrogens (primary N) is 1. The van der Waals surface area contributed by atoms with Crippen LogP contribution in [0.2, 0.25) is 0 Å². The Bertz CT molecular complexity index is 565. The Morgan fingerprint density at radius 1 is 1.20 bits per heavy atom. The zero-order valence-electron chi connectivity index (χ0n) is 11.6. The first-order valence-corrected chi connectivity index (χ1v) is 6.15. The molecule has 9 nitrogen and oxygen atoms in total. The van der Waals surface area contributed by atoms with Crippen molar-refractivity contribution in [3.05, 3.63) is 17.0 Å². The Morgan fingerprint density at radius 2 is 1.95 bits per heavy atom. The molecule has 4 N–H and O–H groups in total. The zero-order valence-corrected chi connectivity index (χ0v) is 11.6. The highest BCUT2D eigenvalue weighted by molar-refractivity contribution is 5.36. The molecular weight excluding hydrogens is 262 g/mol. The van der Waals surface area contributed by atoms with Gasteiger partial charge in [-0.3, -0.25) is 5.43 Å². The Hall–Kier alpha value is -2.42. The van der Waals surface area contributed by atoms with Crippen molar-refractivity contribution >= 4 is 11.9 Å². The number of rotatable bonds is 6. The number of anilines is 2. The van der Waals surface area contributed by atoms with Crippen LogP contribution in [0.3, 0.4) is 0 Å². The maximum atomic E-state index is 5.31. The van der Waals surface area contributed by atoms with Crippen molar-refractivity contribution in [1.29, 1.82) is 0 Å². The van der Waals surface area contributed by atoms with Gasteiger partial charge in [0, 0.05) is 12.1 Å². The van der Waals surface area contributed by atoms with E-state index >= 15 is 0 Å². The van der Waals surface area contributed by atoms with Crippen molar-refractivity contribution in [3.63, 3.8) is 0 Å². The molecule has 0 unspecified atom stereocenters. The fourth-order valence-electron chi connectivity index (χ4n) is 1.62. The van der Waals surface area contributed by atoms with Gasteiger partial charge in [-0.2, -0.15) is 15.0 Å². The normalized spacial score (nSPS) is 10.4. The molecule has 0 fully saturated rings. The average Bonchev–Trinajstić information content (AvgIpc) is 2.76. The van der Waals surface area contributed by atoms with Crippen LogP contribution < -0.4 is 21.3 Å². The second kappa shape index (κ2) is 6.15. The Balaban J connectivity index is 2.14. The SMILES string of the molecule is CCOc1nc(NN)nc(NCc2c(C)noc2C)n1. The molecule has 9 heteroatoms. The molecule has 2 aromatic heterocycles. The first-order valence-electron chi connectivity index (χ1n) is 6.15. The number of hydrogen-bond donors (Lipinski definition) is 3. The molecular formula is C11H17N7O2. The van der Waals surface area contributed by atoms with Crippen LogP contribution in [0.4, 0.5) is 11.9 Å². The molecule has 0 atom stereocenters. The minimum absolute atomic E-state index is 0.205. The highest BCUT2D eigenvalue weighted by atomic mass is 16.5. The van der Waals surface area contributed by atoms with Crippen molar-refractivity contribution in [1.82, 2.24) is 20.1 Å². The van der Waals surface area contributed by atoms with E-state index in [1.54, 1.807) is 0 Å². The molecule has 0 radical (unpaired) electrons. The van der Waals surface area contributed by atoms with Gasteiger partial charge in [-0.15, -0.1) is 0 Å². The molecule has 2 heterocycles. The van der Waals surface area contributed by atoms with E-state index in [1.807, 2.05) is 20.8 Å². The molecule has 0 aliphatic heterocycles. The molecule has 0 saturated carbocycles. The minimum Gasteiger partial charge on any atom is -0.464 e. The van der Waals surface area contributed by atoms with Crippen molar-refractivity contribution in [2.45, 2.75) is 27.3 Å². The lowest BCUT2D eigenvalue weighted by atomic mass is 10.2. The summed E-state index contributed by atoms with van der Waals surface area (Å²) in [7, 11) is 0. The fourth-order valence-corrected chi connectivity index (χ4v) is 1.62. The van der Waals surface area contributed by atoms with Gasteiger partial charge in [0.25, 0.3) is 0 Å². The van der Waals surface area contributed by atoms with Gasteiger partial charge in [-0.25, -0.2) is 5.84 Å². The van der Waals surface area contributed by atoms with Crippen molar-refractivity contribution in [2.75, 3.05) is 17.3 Å². The molecule has 20 heavy (non-hydrogen) atoms. The molecule has 108 valence electrons. The minimum atomic E-state index is 0.205. The largest absolute Gasteiger partial charge is 0.464 e. The zero-order chi connectivity index (χ0) is 14.5. The number of nitrogens with one attached hydrogen (secondary N) is 2. The second-order valence-electron chi connectivity index (χ2n) is 4.00. The van der Waals surface area contributed by atoms with E-state index in [0.717, 1.165) is 17.0 Å². The van der Waals surface area contributed by atoms with Crippen LogP contribution in [0.5, 0.6) is 6.01 Å². The molecule has 0 aliphatic carbocycles. The summed E-state index contributed by atoms with van der Waals surface area (Å²) in [5, 5.41) is 6.95. The number of hydrogen-bond acceptors (Lipinski definition) is 9. The second-order valence-corrected chi connectivity index (χ2v) is 4.00. The van der Waals surface area contributed by atoms with E-state index in [0.29, 0.717) is 19.1 Å². The number of aromatic nitrogens is 4. The molecule has 0 aliphatic rings. The lowest BCUT2D eigenvalue weighted by molar-refractivity contribution is 0.312. The van der Waals surface area contributed by atoms with Crippen LogP contribution in [0.1, 0.15) is 23.9 Å². The van der Waals surface area contributed by atoms with Crippen molar-refractivity contribution < 1.29 is 9.26 Å². The van der Waals surface area contributed by atoms with Gasteiger partial charge < -0.3 is 14.6 Å². The van der Waals surface area contributed by atoms with E-state index in [-0.39, 0.29) is 12.0 Å². The number of nitrogen functional groups attached to an aromatic ring is 1. The van der Waals surface area contributed by atoms with E-state index < -0.39 is 0 Å². The summed E-state index contributed by atoms with van der Waals surface area (Å²) in [5.74, 6) is 6.65. The summed E-state index contributed by atoms with van der Waals surface area (Å²) in [6.07, 6.45) is 0. The molecule has 0 amide bonds. The quantitative estimate of drug-likeness (QED) is 0.519. The third kappa shape index (κ3) is 3.12. The highest BCUT2D eigenvalue weighted by Crippen LogP contribution is 2.15. The summed E-state index contributed by atoms with van der Waals surface area (Å²) in [5.41, 5.74) is 4.16. The van der Waals surface area contributed by atoms with Crippen LogP contribution in [0.15, 0.2) is 4.52 Å². The van der Waals surface area contributed by atoms with Gasteiger partial charge in [-0.1, -0.05) is 5.16 Å². The summed E-state index contributed by atoms with van der Waals surface area (Å²) in [6, 6.07) is 0.205. The molecule has 0 bridgehead atoms. The van der Waals surface area contributed by atoms with E-state index in [1.165, 1.54) is 0 Å². The van der Waals surface area contributed by atoms with Gasteiger partial charge in [0.15, 0.2) is 0 Å². The number of hydrazine groups is 1. The maximum Gasteiger partial charge on any atom is 0.323 e. The van der Waals surface area contributed by atoms with Gasteiger partial charge in [0.1, 0.15) is 5.76 Å². The topological polar surface area (TPSA) is 124 Å². The smallest absolute Gasteiger partial charge is 0.323 e. The first-order chi connectivity index (χ1) is 9.63. The van der Waals surface area contributed by atoms with Crippen LogP contribution >= 0.6 is 0 Å². The number of nitrogens with zero attached hydrogens (tertiary/aromatic N) is 4. The van der Waals surface area contributed by atoms with E-state index in [4.69, 9.17) is 15.1 Å². The summed E-state index contributed by atoms with van der Waals surface area (Å²) >= 11 is 0. The van der Waals surface area contributed by atoms with Gasteiger partial charge >= 0.3 is 6.01 Å². The monoisotopic (exact) mass is 279 g/mol. The number of ether oxygens (including phenoxy) is 1. The average molecular weight is 279 g/mol. The van der Waals surface area contributed by atoms with Gasteiger partial charge in [-0.05, 0) is 20.8 Å². The summed E-state index contributed by atoms with van der Waals surface area (Å²) in [4.78, 5) is 12.2. The molecule has 0 aromatic carbocycles. The van der Waals surface area contributed by atoms with Crippen LogP contribution in [0.25, 0.3) is 0 Å². The van der Waals surface area contributed by atoms with Crippen LogP contribution in [-0.2, 0) is 6.54 Å². The Morgan fingerprint density at radius 3 is 2.55 bits per heavy atom. The Kier molecular flexibility index (Phi) is 4.31. The lowest BCUT2D eigenvalue weighted by Crippen LogP contribution is -2.14. The fraction of sp³-hybridized carbons (Fsp3) is 0.455.